The van der Waals surface area contributed by atoms with Crippen molar-refractivity contribution in [3.63, 3.8) is 0 Å². The summed E-state index contributed by atoms with van der Waals surface area (Å²) in [6.45, 7) is 1.39. The highest BCUT2D eigenvalue weighted by atomic mass is 35.5. The van der Waals surface area contributed by atoms with Crippen molar-refractivity contribution in [2.45, 2.75) is 19.0 Å². The Morgan fingerprint density at radius 3 is 2.52 bits per heavy atom. The summed E-state index contributed by atoms with van der Waals surface area (Å²) in [4.78, 5) is 3.40. The first-order chi connectivity index (χ1) is 10.7. The van der Waals surface area contributed by atoms with Gasteiger partial charge in [-0.2, -0.15) is 13.2 Å². The number of halogens is 6. The molecule has 2 rings (SSSR count). The van der Waals surface area contributed by atoms with Gasteiger partial charge in [0.2, 0.25) is 0 Å². The lowest BCUT2D eigenvalue weighted by Gasteiger charge is -2.18. The number of rotatable bonds is 4. The standard InChI is InChI=1S/C15H11Cl2F4NO/c1-8(12-9(16)3-2-4-10(12)18)7-23-11-5-6-22-14(17)13(11)15(19,20)21/h2-6,8H,7H2,1H3. The maximum Gasteiger partial charge on any atom is 0.422 e. The highest BCUT2D eigenvalue weighted by Gasteiger charge is 2.38. The van der Waals surface area contributed by atoms with Crippen LogP contribution in [0.2, 0.25) is 10.2 Å². The molecule has 0 saturated carbocycles. The summed E-state index contributed by atoms with van der Waals surface area (Å²) in [5, 5.41) is -0.517. The summed E-state index contributed by atoms with van der Waals surface area (Å²) in [6, 6.07) is 5.23. The average Bonchev–Trinajstić information content (AvgIpc) is 2.43. The molecule has 8 heteroatoms. The summed E-state index contributed by atoms with van der Waals surface area (Å²) < 4.78 is 58.0. The van der Waals surface area contributed by atoms with Gasteiger partial charge in [0, 0.05) is 22.7 Å². The number of nitrogens with zero attached hydrogens (tertiary/aromatic N) is 1. The summed E-state index contributed by atoms with van der Waals surface area (Å²) in [6.07, 6.45) is -3.60. The predicted octanol–water partition coefficient (Wildman–Crippen LogP) is 5.73. The highest BCUT2D eigenvalue weighted by molar-refractivity contribution is 6.31. The number of hydrogen-bond donors (Lipinski definition) is 0. The second-order valence-corrected chi connectivity index (χ2v) is 5.59. The van der Waals surface area contributed by atoms with Crippen molar-refractivity contribution in [1.82, 2.24) is 4.98 Å². The zero-order chi connectivity index (χ0) is 17.2. The molecule has 0 saturated heterocycles. The molecule has 0 fully saturated rings. The lowest BCUT2D eigenvalue weighted by atomic mass is 10.0. The second kappa shape index (κ2) is 6.93. The third kappa shape index (κ3) is 4.06. The third-order valence-electron chi connectivity index (χ3n) is 3.13. The largest absolute Gasteiger partial charge is 0.492 e. The molecule has 1 aromatic heterocycles. The monoisotopic (exact) mass is 367 g/mol. The summed E-state index contributed by atoms with van der Waals surface area (Å²) in [5.74, 6) is -1.56. The molecule has 0 bridgehead atoms. The van der Waals surface area contributed by atoms with Crippen LogP contribution in [0.25, 0.3) is 0 Å². The van der Waals surface area contributed by atoms with Crippen molar-refractivity contribution in [2.75, 3.05) is 6.61 Å². The zero-order valence-corrected chi connectivity index (χ0v) is 13.3. The van der Waals surface area contributed by atoms with Gasteiger partial charge in [0.05, 0.1) is 6.61 Å². The van der Waals surface area contributed by atoms with Gasteiger partial charge >= 0.3 is 6.18 Å². The minimum Gasteiger partial charge on any atom is -0.492 e. The normalized spacial score (nSPS) is 13.0. The van der Waals surface area contributed by atoms with Crippen LogP contribution >= 0.6 is 23.2 Å². The number of alkyl halides is 3. The molecule has 1 aromatic carbocycles. The van der Waals surface area contributed by atoms with Crippen molar-refractivity contribution in [3.8, 4) is 5.75 Å². The molecule has 0 aliphatic heterocycles. The smallest absolute Gasteiger partial charge is 0.422 e. The molecule has 0 amide bonds. The maximum atomic E-state index is 13.8. The Morgan fingerprint density at radius 2 is 1.91 bits per heavy atom. The molecular formula is C15H11Cl2F4NO. The van der Waals surface area contributed by atoms with E-state index in [1.165, 1.54) is 18.2 Å². The lowest BCUT2D eigenvalue weighted by molar-refractivity contribution is -0.139. The van der Waals surface area contributed by atoms with Crippen molar-refractivity contribution >= 4 is 23.2 Å². The van der Waals surface area contributed by atoms with Crippen LogP contribution in [0.5, 0.6) is 5.75 Å². The number of benzene rings is 1. The molecule has 124 valence electrons. The van der Waals surface area contributed by atoms with Gasteiger partial charge in [-0.05, 0) is 18.2 Å². The highest BCUT2D eigenvalue weighted by Crippen LogP contribution is 2.40. The number of ether oxygens (including phenoxy) is 1. The molecule has 0 radical (unpaired) electrons. The molecule has 1 heterocycles. The number of hydrogen-bond acceptors (Lipinski definition) is 2. The molecule has 0 N–H and O–H groups in total. The van der Waals surface area contributed by atoms with Crippen LogP contribution in [0.15, 0.2) is 30.5 Å². The van der Waals surface area contributed by atoms with Crippen LogP contribution in [0.4, 0.5) is 17.6 Å². The first-order valence-electron chi connectivity index (χ1n) is 6.50. The Bertz CT molecular complexity index is 686. The van der Waals surface area contributed by atoms with Crippen molar-refractivity contribution in [1.29, 1.82) is 0 Å². The molecule has 0 aliphatic rings. The number of aromatic nitrogens is 1. The van der Waals surface area contributed by atoms with Gasteiger partial charge in [-0.15, -0.1) is 0 Å². The summed E-state index contributed by atoms with van der Waals surface area (Å²) >= 11 is 11.4. The topological polar surface area (TPSA) is 22.1 Å². The second-order valence-electron chi connectivity index (χ2n) is 4.82. The van der Waals surface area contributed by atoms with Gasteiger partial charge < -0.3 is 4.74 Å². The van der Waals surface area contributed by atoms with Crippen molar-refractivity contribution in [3.05, 3.63) is 57.6 Å². The molecular weight excluding hydrogens is 357 g/mol. The van der Waals surface area contributed by atoms with Crippen LogP contribution < -0.4 is 4.74 Å². The SMILES string of the molecule is CC(COc1ccnc(Cl)c1C(F)(F)F)c1c(F)cccc1Cl. The van der Waals surface area contributed by atoms with Crippen LogP contribution in [-0.4, -0.2) is 11.6 Å². The Balaban J connectivity index is 2.24. The van der Waals surface area contributed by atoms with E-state index in [-0.39, 0.29) is 17.2 Å². The van der Waals surface area contributed by atoms with E-state index in [0.717, 1.165) is 12.3 Å². The molecule has 23 heavy (non-hydrogen) atoms. The van der Waals surface area contributed by atoms with Gasteiger partial charge in [0.15, 0.2) is 0 Å². The van der Waals surface area contributed by atoms with Crippen LogP contribution in [0.1, 0.15) is 24.0 Å². The lowest BCUT2D eigenvalue weighted by Crippen LogP contribution is -2.14. The molecule has 0 aliphatic carbocycles. The third-order valence-corrected chi connectivity index (χ3v) is 3.75. The summed E-state index contributed by atoms with van der Waals surface area (Å²) in [5.41, 5.74) is -0.976. The van der Waals surface area contributed by atoms with Crippen LogP contribution in [0, 0.1) is 5.82 Å². The average molecular weight is 368 g/mol. The Kier molecular flexibility index (Phi) is 5.37. The molecule has 0 spiro atoms. The van der Waals surface area contributed by atoms with E-state index < -0.39 is 34.4 Å². The predicted molar refractivity (Wildman–Crippen MR) is 79.6 cm³/mol. The van der Waals surface area contributed by atoms with E-state index in [1.807, 2.05) is 0 Å². The van der Waals surface area contributed by atoms with E-state index in [0.29, 0.717) is 0 Å². The van der Waals surface area contributed by atoms with Gasteiger partial charge in [-0.3, -0.25) is 0 Å². The van der Waals surface area contributed by atoms with Crippen LogP contribution in [-0.2, 0) is 6.18 Å². The van der Waals surface area contributed by atoms with Gasteiger partial charge in [-0.25, -0.2) is 9.37 Å². The van der Waals surface area contributed by atoms with Crippen LogP contribution in [0.3, 0.4) is 0 Å². The minimum atomic E-state index is -4.71. The van der Waals surface area contributed by atoms with Gasteiger partial charge in [-0.1, -0.05) is 36.2 Å². The maximum absolute atomic E-state index is 13.8. The fraction of sp³-hybridized carbons (Fsp3) is 0.267. The zero-order valence-electron chi connectivity index (χ0n) is 11.8. The minimum absolute atomic E-state index is 0.183. The van der Waals surface area contributed by atoms with E-state index in [1.54, 1.807) is 6.92 Å². The van der Waals surface area contributed by atoms with E-state index in [9.17, 15) is 17.6 Å². The fourth-order valence-electron chi connectivity index (χ4n) is 2.08. The first kappa shape index (κ1) is 17.8. The Labute approximate surface area is 140 Å². The first-order valence-corrected chi connectivity index (χ1v) is 7.25. The van der Waals surface area contributed by atoms with E-state index in [2.05, 4.69) is 4.98 Å². The molecule has 2 aromatic rings. The van der Waals surface area contributed by atoms with E-state index in [4.69, 9.17) is 27.9 Å². The Morgan fingerprint density at radius 1 is 1.22 bits per heavy atom. The van der Waals surface area contributed by atoms with Crippen molar-refractivity contribution < 1.29 is 22.3 Å². The van der Waals surface area contributed by atoms with Gasteiger partial charge in [0.1, 0.15) is 22.3 Å². The molecule has 1 atom stereocenters. The number of pyridine rings is 1. The molecule has 1 unspecified atom stereocenters. The van der Waals surface area contributed by atoms with E-state index >= 15 is 0 Å². The van der Waals surface area contributed by atoms with Gasteiger partial charge in [0.25, 0.3) is 0 Å². The van der Waals surface area contributed by atoms with Crippen molar-refractivity contribution in [2.24, 2.45) is 0 Å². The molecule has 2 nitrogen and oxygen atoms in total. The quantitative estimate of drug-likeness (QED) is 0.508. The fourth-order valence-corrected chi connectivity index (χ4v) is 2.68. The summed E-state index contributed by atoms with van der Waals surface area (Å²) in [7, 11) is 0. The Hall–Kier alpha value is -1.53.